The molecule has 1 heterocycles. The number of rotatable bonds is 3. The van der Waals surface area contributed by atoms with Crippen molar-refractivity contribution >= 4 is 23.7 Å². The smallest absolute Gasteiger partial charge is 0.209 e. The van der Waals surface area contributed by atoms with Gasteiger partial charge < -0.3 is 14.5 Å². The molecule has 0 atom stereocenters. The molecule has 1 aliphatic rings. The van der Waals surface area contributed by atoms with E-state index in [1.165, 1.54) is 0 Å². The SMILES string of the molecule is COc1cc(N2CCN(C=O)CC2)c(C)cc1Cl. The first-order chi connectivity index (χ1) is 8.65. The Morgan fingerprint density at radius 3 is 2.50 bits per heavy atom. The molecule has 1 saturated heterocycles. The van der Waals surface area contributed by atoms with E-state index in [-0.39, 0.29) is 0 Å². The highest BCUT2D eigenvalue weighted by molar-refractivity contribution is 6.32. The van der Waals surface area contributed by atoms with Gasteiger partial charge in [-0.15, -0.1) is 0 Å². The number of carbonyl (C=O) groups excluding carboxylic acids is 1. The number of anilines is 1. The monoisotopic (exact) mass is 268 g/mol. The lowest BCUT2D eigenvalue weighted by Crippen LogP contribution is -2.45. The van der Waals surface area contributed by atoms with Crippen LogP contribution in [0, 0.1) is 6.92 Å². The van der Waals surface area contributed by atoms with E-state index in [1.807, 2.05) is 19.1 Å². The summed E-state index contributed by atoms with van der Waals surface area (Å²) in [7, 11) is 1.62. The summed E-state index contributed by atoms with van der Waals surface area (Å²) in [6.07, 6.45) is 0.909. The third-order valence-corrected chi connectivity index (χ3v) is 3.57. The molecule has 0 aromatic heterocycles. The van der Waals surface area contributed by atoms with Gasteiger partial charge in [-0.1, -0.05) is 11.6 Å². The summed E-state index contributed by atoms with van der Waals surface area (Å²) < 4.78 is 5.25. The molecule has 2 rings (SSSR count). The number of piperazine rings is 1. The highest BCUT2D eigenvalue weighted by Crippen LogP contribution is 2.33. The van der Waals surface area contributed by atoms with Crippen molar-refractivity contribution in [2.75, 3.05) is 38.2 Å². The van der Waals surface area contributed by atoms with Crippen LogP contribution < -0.4 is 9.64 Å². The second kappa shape index (κ2) is 5.48. The third kappa shape index (κ3) is 2.53. The molecule has 1 aliphatic heterocycles. The topological polar surface area (TPSA) is 32.8 Å². The number of halogens is 1. The molecule has 5 heteroatoms. The predicted molar refractivity (Wildman–Crippen MR) is 72.6 cm³/mol. The normalized spacial score (nSPS) is 15.7. The van der Waals surface area contributed by atoms with Crippen molar-refractivity contribution in [1.82, 2.24) is 4.90 Å². The van der Waals surface area contributed by atoms with Crippen LogP contribution >= 0.6 is 11.6 Å². The van der Waals surface area contributed by atoms with E-state index in [4.69, 9.17) is 16.3 Å². The van der Waals surface area contributed by atoms with E-state index in [0.717, 1.165) is 43.8 Å². The summed E-state index contributed by atoms with van der Waals surface area (Å²) in [5.41, 5.74) is 2.25. The van der Waals surface area contributed by atoms with Crippen molar-refractivity contribution in [3.05, 3.63) is 22.7 Å². The van der Waals surface area contributed by atoms with Crippen LogP contribution in [0.15, 0.2) is 12.1 Å². The van der Waals surface area contributed by atoms with Crippen molar-refractivity contribution < 1.29 is 9.53 Å². The van der Waals surface area contributed by atoms with Gasteiger partial charge in [0.25, 0.3) is 0 Å². The maximum Gasteiger partial charge on any atom is 0.209 e. The van der Waals surface area contributed by atoms with E-state index >= 15 is 0 Å². The summed E-state index contributed by atoms with van der Waals surface area (Å²) in [6.45, 7) is 5.23. The van der Waals surface area contributed by atoms with Gasteiger partial charge in [0.2, 0.25) is 6.41 Å². The molecule has 4 nitrogen and oxygen atoms in total. The van der Waals surface area contributed by atoms with Crippen LogP contribution in [-0.2, 0) is 4.79 Å². The number of amides is 1. The maximum atomic E-state index is 10.7. The number of carbonyl (C=O) groups is 1. The minimum absolute atomic E-state index is 0.630. The summed E-state index contributed by atoms with van der Waals surface area (Å²) in [5.74, 6) is 0.690. The first-order valence-electron chi connectivity index (χ1n) is 5.94. The zero-order valence-electron chi connectivity index (χ0n) is 10.6. The van der Waals surface area contributed by atoms with Crippen LogP contribution in [0.3, 0.4) is 0 Å². The molecule has 0 radical (unpaired) electrons. The second-order valence-corrected chi connectivity index (χ2v) is 4.81. The predicted octanol–water partition coefficient (Wildman–Crippen LogP) is 1.94. The highest BCUT2D eigenvalue weighted by Gasteiger charge is 2.18. The van der Waals surface area contributed by atoms with Crippen molar-refractivity contribution in [2.24, 2.45) is 0 Å². The quantitative estimate of drug-likeness (QED) is 0.786. The Morgan fingerprint density at radius 1 is 1.28 bits per heavy atom. The van der Waals surface area contributed by atoms with E-state index in [9.17, 15) is 4.79 Å². The Balaban J connectivity index is 2.21. The molecule has 1 aromatic carbocycles. The number of methoxy groups -OCH3 is 1. The van der Waals surface area contributed by atoms with Crippen LogP contribution in [-0.4, -0.2) is 44.6 Å². The lowest BCUT2D eigenvalue weighted by Gasteiger charge is -2.35. The molecule has 18 heavy (non-hydrogen) atoms. The van der Waals surface area contributed by atoms with Gasteiger partial charge in [0.1, 0.15) is 5.75 Å². The fourth-order valence-electron chi connectivity index (χ4n) is 2.21. The summed E-state index contributed by atoms with van der Waals surface area (Å²) in [4.78, 5) is 14.7. The molecule has 0 spiro atoms. The Kier molecular flexibility index (Phi) is 3.97. The minimum atomic E-state index is 0.630. The number of nitrogens with zero attached hydrogens (tertiary/aromatic N) is 2. The van der Waals surface area contributed by atoms with E-state index in [0.29, 0.717) is 10.8 Å². The molecule has 0 aliphatic carbocycles. The average molecular weight is 269 g/mol. The van der Waals surface area contributed by atoms with Crippen LogP contribution in [0.2, 0.25) is 5.02 Å². The maximum absolute atomic E-state index is 10.7. The molecule has 0 N–H and O–H groups in total. The molecule has 1 aromatic rings. The van der Waals surface area contributed by atoms with Gasteiger partial charge >= 0.3 is 0 Å². The minimum Gasteiger partial charge on any atom is -0.495 e. The van der Waals surface area contributed by atoms with Gasteiger partial charge in [-0.3, -0.25) is 4.79 Å². The highest BCUT2D eigenvalue weighted by atomic mass is 35.5. The molecule has 1 amide bonds. The fourth-order valence-corrected chi connectivity index (χ4v) is 2.50. The van der Waals surface area contributed by atoms with Crippen LogP contribution in [0.5, 0.6) is 5.75 Å². The summed E-state index contributed by atoms with van der Waals surface area (Å²) in [6, 6.07) is 3.88. The molecular formula is C13H17ClN2O2. The third-order valence-electron chi connectivity index (χ3n) is 3.27. The van der Waals surface area contributed by atoms with Gasteiger partial charge in [-0.25, -0.2) is 0 Å². The first-order valence-corrected chi connectivity index (χ1v) is 6.32. The molecule has 0 bridgehead atoms. The number of hydrogen-bond acceptors (Lipinski definition) is 3. The Bertz CT molecular complexity index is 443. The number of aryl methyl sites for hydroxylation is 1. The lowest BCUT2D eigenvalue weighted by molar-refractivity contribution is -0.118. The number of ether oxygens (including phenoxy) is 1. The molecule has 98 valence electrons. The molecule has 0 unspecified atom stereocenters. The van der Waals surface area contributed by atoms with Gasteiger partial charge in [0, 0.05) is 37.9 Å². The largest absolute Gasteiger partial charge is 0.495 e. The zero-order chi connectivity index (χ0) is 13.1. The Hall–Kier alpha value is -1.42. The molecular weight excluding hydrogens is 252 g/mol. The van der Waals surface area contributed by atoms with Crippen molar-refractivity contribution in [3.8, 4) is 5.75 Å². The van der Waals surface area contributed by atoms with Gasteiger partial charge in [0.15, 0.2) is 0 Å². The van der Waals surface area contributed by atoms with E-state index in [1.54, 1.807) is 12.0 Å². The van der Waals surface area contributed by atoms with E-state index in [2.05, 4.69) is 4.90 Å². The molecule has 1 fully saturated rings. The van der Waals surface area contributed by atoms with Gasteiger partial charge in [-0.2, -0.15) is 0 Å². The van der Waals surface area contributed by atoms with Crippen LogP contribution in [0.4, 0.5) is 5.69 Å². The average Bonchev–Trinajstić information content (AvgIpc) is 2.39. The van der Waals surface area contributed by atoms with Gasteiger partial charge in [-0.05, 0) is 18.6 Å². The first kappa shape index (κ1) is 13.0. The van der Waals surface area contributed by atoms with Crippen molar-refractivity contribution in [2.45, 2.75) is 6.92 Å². The molecule has 0 saturated carbocycles. The van der Waals surface area contributed by atoms with Gasteiger partial charge in [0.05, 0.1) is 12.1 Å². The Morgan fingerprint density at radius 2 is 1.94 bits per heavy atom. The summed E-state index contributed by atoms with van der Waals surface area (Å²) in [5, 5.41) is 0.630. The van der Waals surface area contributed by atoms with Crippen molar-refractivity contribution in [1.29, 1.82) is 0 Å². The zero-order valence-corrected chi connectivity index (χ0v) is 11.4. The van der Waals surface area contributed by atoms with Crippen molar-refractivity contribution in [3.63, 3.8) is 0 Å². The van der Waals surface area contributed by atoms with Crippen LogP contribution in [0.1, 0.15) is 5.56 Å². The standard InChI is InChI=1S/C13H17ClN2O2/c1-10-7-11(14)13(18-2)8-12(10)16-5-3-15(9-17)4-6-16/h7-9H,3-6H2,1-2H3. The van der Waals surface area contributed by atoms with Crippen LogP contribution in [0.25, 0.3) is 0 Å². The van der Waals surface area contributed by atoms with E-state index < -0.39 is 0 Å². The fraction of sp³-hybridized carbons (Fsp3) is 0.462. The lowest BCUT2D eigenvalue weighted by atomic mass is 10.1. The number of benzene rings is 1. The number of hydrogen-bond donors (Lipinski definition) is 0. The summed E-state index contributed by atoms with van der Waals surface area (Å²) >= 11 is 6.09. The Labute approximate surface area is 112 Å². The second-order valence-electron chi connectivity index (χ2n) is 4.40.